The van der Waals surface area contributed by atoms with E-state index in [0.717, 1.165) is 4.68 Å². The van der Waals surface area contributed by atoms with Gasteiger partial charge in [-0.1, -0.05) is 35.3 Å². The van der Waals surface area contributed by atoms with Crippen LogP contribution in [-0.4, -0.2) is 21.6 Å². The van der Waals surface area contributed by atoms with E-state index in [1.165, 1.54) is 18.3 Å². The average Bonchev–Trinajstić information content (AvgIpc) is 3.03. The van der Waals surface area contributed by atoms with Crippen LogP contribution in [0, 0.1) is 11.3 Å². The largest absolute Gasteiger partial charge is 0.305 e. The molecule has 0 fully saturated rings. The summed E-state index contributed by atoms with van der Waals surface area (Å²) in [6, 6.07) is 14.5. The molecule has 3 aromatic rings. The van der Waals surface area contributed by atoms with Crippen LogP contribution < -0.4 is 5.32 Å². The molecule has 0 atom stereocenters. The highest BCUT2D eigenvalue weighted by atomic mass is 35.5. The fraction of sp³-hybridized carbons (Fsp3) is 0. The van der Waals surface area contributed by atoms with E-state index in [-0.39, 0.29) is 22.5 Å². The minimum Gasteiger partial charge on any atom is -0.305 e. The first-order valence-electron chi connectivity index (χ1n) is 7.35. The number of nitriles is 1. The van der Waals surface area contributed by atoms with Crippen LogP contribution in [-0.2, 0) is 0 Å². The number of rotatable bonds is 3. The summed E-state index contributed by atoms with van der Waals surface area (Å²) in [7, 11) is 0. The van der Waals surface area contributed by atoms with E-state index >= 15 is 0 Å². The number of nitrogens with one attached hydrogen (secondary N) is 1. The third kappa shape index (κ3) is 3.59. The number of halogens is 2. The van der Waals surface area contributed by atoms with E-state index in [0.29, 0.717) is 10.0 Å². The van der Waals surface area contributed by atoms with E-state index in [2.05, 4.69) is 10.4 Å². The van der Waals surface area contributed by atoms with Crippen molar-refractivity contribution >= 4 is 40.8 Å². The summed E-state index contributed by atoms with van der Waals surface area (Å²) in [5.41, 5.74) is 0.600. The van der Waals surface area contributed by atoms with Crippen molar-refractivity contribution in [3.05, 3.63) is 81.5 Å². The van der Waals surface area contributed by atoms with Gasteiger partial charge in [0.05, 0.1) is 6.20 Å². The Balaban J connectivity index is 1.97. The van der Waals surface area contributed by atoms with Gasteiger partial charge in [-0.2, -0.15) is 15.0 Å². The monoisotopic (exact) mass is 384 g/mol. The van der Waals surface area contributed by atoms with Gasteiger partial charge in [0.1, 0.15) is 11.6 Å². The van der Waals surface area contributed by atoms with Gasteiger partial charge in [0, 0.05) is 21.2 Å². The van der Waals surface area contributed by atoms with Gasteiger partial charge in [-0.3, -0.25) is 9.59 Å². The minimum atomic E-state index is -0.532. The van der Waals surface area contributed by atoms with Crippen LogP contribution in [0.5, 0.6) is 0 Å². The fourth-order valence-electron chi connectivity index (χ4n) is 2.26. The zero-order valence-corrected chi connectivity index (χ0v) is 14.6. The molecule has 2 aromatic carbocycles. The molecule has 1 N–H and O–H groups in total. The Morgan fingerprint density at radius 2 is 1.65 bits per heavy atom. The summed E-state index contributed by atoms with van der Waals surface area (Å²) in [6.07, 6.45) is 1.20. The maximum absolute atomic E-state index is 12.7. The topological polar surface area (TPSA) is 87.8 Å². The first kappa shape index (κ1) is 17.7. The third-order valence-electron chi connectivity index (χ3n) is 3.47. The SMILES string of the molecule is N#Cc1cnn(C(=O)c2cccc(Cl)c2)c1NC(=O)c1cccc(Cl)c1. The zero-order valence-electron chi connectivity index (χ0n) is 13.1. The lowest BCUT2D eigenvalue weighted by atomic mass is 10.2. The molecule has 1 heterocycles. The standard InChI is InChI=1S/C18H10Cl2N4O2/c19-14-5-1-3-11(7-14)17(25)23-16-13(9-21)10-22-24(16)18(26)12-4-2-6-15(20)8-12/h1-8,10H,(H,23,25). The van der Waals surface area contributed by atoms with Gasteiger partial charge in [0.2, 0.25) is 0 Å². The summed E-state index contributed by atoms with van der Waals surface area (Å²) in [4.78, 5) is 25.1. The first-order valence-corrected chi connectivity index (χ1v) is 8.10. The molecule has 0 bridgehead atoms. The molecular weight excluding hydrogens is 375 g/mol. The van der Waals surface area contributed by atoms with Crippen LogP contribution in [0.15, 0.2) is 54.7 Å². The van der Waals surface area contributed by atoms with Crippen LogP contribution in [0.2, 0.25) is 10.0 Å². The van der Waals surface area contributed by atoms with Gasteiger partial charge in [0.25, 0.3) is 11.8 Å². The van der Waals surface area contributed by atoms with Crippen LogP contribution >= 0.6 is 23.2 Å². The second-order valence-electron chi connectivity index (χ2n) is 5.21. The second kappa shape index (κ2) is 7.40. The van der Waals surface area contributed by atoms with Crippen LogP contribution in [0.3, 0.4) is 0 Å². The number of hydrogen-bond acceptors (Lipinski definition) is 4. The van der Waals surface area contributed by atoms with Gasteiger partial charge in [-0.15, -0.1) is 0 Å². The number of amides is 1. The quantitative estimate of drug-likeness (QED) is 0.738. The molecule has 3 rings (SSSR count). The molecule has 0 spiro atoms. The van der Waals surface area contributed by atoms with Crippen molar-refractivity contribution in [1.29, 1.82) is 5.26 Å². The van der Waals surface area contributed by atoms with Crippen LogP contribution in [0.1, 0.15) is 26.3 Å². The van der Waals surface area contributed by atoms with Gasteiger partial charge in [-0.25, -0.2) is 0 Å². The molecule has 6 nitrogen and oxygen atoms in total. The van der Waals surface area contributed by atoms with Crippen molar-refractivity contribution in [3.63, 3.8) is 0 Å². The second-order valence-corrected chi connectivity index (χ2v) is 6.08. The molecule has 8 heteroatoms. The predicted molar refractivity (Wildman–Crippen MR) is 97.5 cm³/mol. The number of carbonyl (C=O) groups is 2. The van der Waals surface area contributed by atoms with Crippen LogP contribution in [0.25, 0.3) is 0 Å². The van der Waals surface area contributed by atoms with E-state index in [9.17, 15) is 14.9 Å². The van der Waals surface area contributed by atoms with E-state index in [1.807, 2.05) is 6.07 Å². The van der Waals surface area contributed by atoms with Gasteiger partial charge in [-0.05, 0) is 36.4 Å². The van der Waals surface area contributed by atoms with Crippen molar-refractivity contribution in [1.82, 2.24) is 9.78 Å². The normalized spacial score (nSPS) is 10.2. The smallest absolute Gasteiger partial charge is 0.280 e. The molecule has 0 radical (unpaired) electrons. The highest BCUT2D eigenvalue weighted by Crippen LogP contribution is 2.20. The van der Waals surface area contributed by atoms with Crippen molar-refractivity contribution < 1.29 is 9.59 Å². The molecular formula is C18H10Cl2N4O2. The highest BCUT2D eigenvalue weighted by molar-refractivity contribution is 6.31. The Labute approximate surface area is 158 Å². The van der Waals surface area contributed by atoms with E-state index in [1.54, 1.807) is 36.4 Å². The number of benzene rings is 2. The van der Waals surface area contributed by atoms with Gasteiger partial charge >= 0.3 is 0 Å². The third-order valence-corrected chi connectivity index (χ3v) is 3.94. The number of anilines is 1. The molecule has 128 valence electrons. The lowest BCUT2D eigenvalue weighted by Crippen LogP contribution is -2.21. The molecule has 0 aliphatic heterocycles. The molecule has 1 aromatic heterocycles. The summed E-state index contributed by atoms with van der Waals surface area (Å²) >= 11 is 11.8. The molecule has 0 unspecified atom stereocenters. The Bertz CT molecular complexity index is 1050. The Kier molecular flexibility index (Phi) is 5.03. The highest BCUT2D eigenvalue weighted by Gasteiger charge is 2.20. The summed E-state index contributed by atoms with van der Waals surface area (Å²) < 4.78 is 0.951. The zero-order chi connectivity index (χ0) is 18.7. The van der Waals surface area contributed by atoms with E-state index < -0.39 is 11.8 Å². The number of aromatic nitrogens is 2. The molecule has 0 aliphatic rings. The lowest BCUT2D eigenvalue weighted by molar-refractivity contribution is 0.0947. The molecule has 0 saturated heterocycles. The minimum absolute atomic E-state index is 0.0255. The summed E-state index contributed by atoms with van der Waals surface area (Å²) in [6.45, 7) is 0. The molecule has 0 saturated carbocycles. The Hall–Kier alpha value is -3.14. The summed E-state index contributed by atoms with van der Waals surface area (Å²) in [5, 5.41) is 16.5. The Morgan fingerprint density at radius 3 is 2.27 bits per heavy atom. The van der Waals surface area contributed by atoms with Gasteiger partial charge < -0.3 is 5.32 Å². The molecule has 26 heavy (non-hydrogen) atoms. The summed E-state index contributed by atoms with van der Waals surface area (Å²) in [5.74, 6) is -1.08. The average molecular weight is 385 g/mol. The van der Waals surface area contributed by atoms with Crippen LogP contribution in [0.4, 0.5) is 5.82 Å². The number of hydrogen-bond donors (Lipinski definition) is 1. The molecule has 1 amide bonds. The predicted octanol–water partition coefficient (Wildman–Crippen LogP) is 4.00. The van der Waals surface area contributed by atoms with Crippen molar-refractivity contribution in [2.24, 2.45) is 0 Å². The lowest BCUT2D eigenvalue weighted by Gasteiger charge is -2.09. The maximum Gasteiger partial charge on any atom is 0.280 e. The van der Waals surface area contributed by atoms with Crippen molar-refractivity contribution in [3.8, 4) is 6.07 Å². The van der Waals surface area contributed by atoms with Crippen molar-refractivity contribution in [2.45, 2.75) is 0 Å². The number of nitrogens with zero attached hydrogens (tertiary/aromatic N) is 3. The van der Waals surface area contributed by atoms with E-state index in [4.69, 9.17) is 23.2 Å². The fourth-order valence-corrected chi connectivity index (χ4v) is 2.64. The molecule has 0 aliphatic carbocycles. The van der Waals surface area contributed by atoms with Crippen molar-refractivity contribution in [2.75, 3.05) is 5.32 Å². The number of carbonyl (C=O) groups excluding carboxylic acids is 2. The first-order chi connectivity index (χ1) is 12.5. The maximum atomic E-state index is 12.7. The Morgan fingerprint density at radius 1 is 1.04 bits per heavy atom. The van der Waals surface area contributed by atoms with Gasteiger partial charge in [0.15, 0.2) is 5.82 Å².